The first-order valence-corrected chi connectivity index (χ1v) is 5.97. The zero-order valence-electron chi connectivity index (χ0n) is 9.54. The number of ether oxygens (including phenoxy) is 2. The average molecular weight is 228 g/mol. The van der Waals surface area contributed by atoms with Crippen LogP contribution in [0, 0.1) is 0 Å². The van der Waals surface area contributed by atoms with Gasteiger partial charge in [-0.05, 0) is 25.7 Å². The molecule has 0 aromatic rings. The standard InChI is InChI=1S/C11H20N2O3/c12-10(14)11(4-2-5-15-8-11)13-7-9-3-1-6-16-9/h9,13H,1-8H2,(H2,12,14). The number of primary amides is 1. The van der Waals surface area contributed by atoms with Gasteiger partial charge in [-0.25, -0.2) is 0 Å². The summed E-state index contributed by atoms with van der Waals surface area (Å²) in [6, 6.07) is 0. The van der Waals surface area contributed by atoms with E-state index in [-0.39, 0.29) is 12.0 Å². The highest BCUT2D eigenvalue weighted by Crippen LogP contribution is 2.20. The summed E-state index contributed by atoms with van der Waals surface area (Å²) in [7, 11) is 0. The maximum atomic E-state index is 11.5. The van der Waals surface area contributed by atoms with Gasteiger partial charge in [0.25, 0.3) is 0 Å². The van der Waals surface area contributed by atoms with Gasteiger partial charge in [-0.2, -0.15) is 0 Å². The van der Waals surface area contributed by atoms with Crippen molar-refractivity contribution in [3.63, 3.8) is 0 Å². The van der Waals surface area contributed by atoms with Crippen molar-refractivity contribution in [2.24, 2.45) is 5.73 Å². The van der Waals surface area contributed by atoms with Crippen molar-refractivity contribution >= 4 is 5.91 Å². The molecule has 2 unspecified atom stereocenters. The van der Waals surface area contributed by atoms with Gasteiger partial charge < -0.3 is 15.2 Å². The molecule has 3 N–H and O–H groups in total. The molecule has 2 rings (SSSR count). The lowest BCUT2D eigenvalue weighted by Gasteiger charge is -2.35. The molecule has 0 spiro atoms. The van der Waals surface area contributed by atoms with Crippen LogP contribution in [0.3, 0.4) is 0 Å². The highest BCUT2D eigenvalue weighted by atomic mass is 16.5. The first kappa shape index (κ1) is 11.8. The van der Waals surface area contributed by atoms with E-state index in [0.717, 1.165) is 38.9 Å². The lowest BCUT2D eigenvalue weighted by Crippen LogP contribution is -2.61. The molecule has 2 atom stereocenters. The molecule has 0 aromatic carbocycles. The summed E-state index contributed by atoms with van der Waals surface area (Å²) in [4.78, 5) is 11.5. The van der Waals surface area contributed by atoms with Gasteiger partial charge in [0.2, 0.25) is 5.91 Å². The monoisotopic (exact) mass is 228 g/mol. The predicted octanol–water partition coefficient (Wildman–Crippen LogP) is -0.211. The number of amides is 1. The fourth-order valence-electron chi connectivity index (χ4n) is 2.33. The molecule has 2 saturated heterocycles. The van der Waals surface area contributed by atoms with E-state index in [1.54, 1.807) is 0 Å². The average Bonchev–Trinajstić information content (AvgIpc) is 2.80. The third-order valence-electron chi connectivity index (χ3n) is 3.40. The van der Waals surface area contributed by atoms with Crippen LogP contribution in [0.5, 0.6) is 0 Å². The lowest BCUT2D eigenvalue weighted by molar-refractivity contribution is -0.130. The largest absolute Gasteiger partial charge is 0.379 e. The van der Waals surface area contributed by atoms with Crippen LogP contribution in [-0.2, 0) is 14.3 Å². The topological polar surface area (TPSA) is 73.6 Å². The maximum absolute atomic E-state index is 11.5. The zero-order chi connectivity index (χ0) is 11.4. The van der Waals surface area contributed by atoms with E-state index in [2.05, 4.69) is 5.32 Å². The van der Waals surface area contributed by atoms with Gasteiger partial charge in [-0.3, -0.25) is 10.1 Å². The number of nitrogens with two attached hydrogens (primary N) is 1. The van der Waals surface area contributed by atoms with Gasteiger partial charge in [-0.15, -0.1) is 0 Å². The van der Waals surface area contributed by atoms with Crippen LogP contribution < -0.4 is 11.1 Å². The molecule has 0 bridgehead atoms. The third kappa shape index (κ3) is 2.53. The minimum atomic E-state index is -0.676. The normalized spacial score (nSPS) is 35.1. The predicted molar refractivity (Wildman–Crippen MR) is 59.0 cm³/mol. The summed E-state index contributed by atoms with van der Waals surface area (Å²) in [5.41, 5.74) is 4.79. The summed E-state index contributed by atoms with van der Waals surface area (Å²) < 4.78 is 10.9. The Balaban J connectivity index is 1.88. The van der Waals surface area contributed by atoms with Crippen LogP contribution in [0.2, 0.25) is 0 Å². The molecule has 92 valence electrons. The molecule has 0 aromatic heterocycles. The van der Waals surface area contributed by atoms with E-state index in [1.165, 1.54) is 0 Å². The van der Waals surface area contributed by atoms with E-state index >= 15 is 0 Å². The van der Waals surface area contributed by atoms with Crippen LogP contribution in [0.25, 0.3) is 0 Å². The van der Waals surface area contributed by atoms with Crippen LogP contribution in [0.1, 0.15) is 25.7 Å². The molecule has 2 aliphatic rings. The Morgan fingerprint density at radius 3 is 2.88 bits per heavy atom. The van der Waals surface area contributed by atoms with E-state index in [1.807, 2.05) is 0 Å². The fourth-order valence-corrected chi connectivity index (χ4v) is 2.33. The molecule has 1 amide bonds. The minimum absolute atomic E-state index is 0.221. The lowest BCUT2D eigenvalue weighted by atomic mass is 9.91. The van der Waals surface area contributed by atoms with Crippen LogP contribution in [0.15, 0.2) is 0 Å². The second-order valence-corrected chi connectivity index (χ2v) is 4.62. The van der Waals surface area contributed by atoms with Crippen molar-refractivity contribution in [2.75, 3.05) is 26.4 Å². The first-order chi connectivity index (χ1) is 7.73. The molecule has 0 saturated carbocycles. The Labute approximate surface area is 95.7 Å². The molecule has 2 fully saturated rings. The quantitative estimate of drug-likeness (QED) is 0.698. The van der Waals surface area contributed by atoms with Crippen LogP contribution in [0.4, 0.5) is 0 Å². The van der Waals surface area contributed by atoms with Crippen molar-refractivity contribution < 1.29 is 14.3 Å². The second kappa shape index (κ2) is 5.12. The van der Waals surface area contributed by atoms with Gasteiger partial charge in [0, 0.05) is 19.8 Å². The van der Waals surface area contributed by atoms with E-state index in [9.17, 15) is 4.79 Å². The second-order valence-electron chi connectivity index (χ2n) is 4.62. The summed E-state index contributed by atoms with van der Waals surface area (Å²) >= 11 is 0. The van der Waals surface area contributed by atoms with E-state index < -0.39 is 5.54 Å². The first-order valence-electron chi connectivity index (χ1n) is 5.97. The zero-order valence-corrected chi connectivity index (χ0v) is 9.54. The van der Waals surface area contributed by atoms with Crippen molar-refractivity contribution in [1.29, 1.82) is 0 Å². The number of hydrogen-bond donors (Lipinski definition) is 2. The summed E-state index contributed by atoms with van der Waals surface area (Å²) in [6.07, 6.45) is 4.02. The van der Waals surface area contributed by atoms with Crippen molar-refractivity contribution in [1.82, 2.24) is 5.32 Å². The van der Waals surface area contributed by atoms with Crippen molar-refractivity contribution in [2.45, 2.75) is 37.3 Å². The van der Waals surface area contributed by atoms with Gasteiger partial charge in [0.05, 0.1) is 12.7 Å². The maximum Gasteiger partial charge on any atom is 0.240 e. The number of carbonyl (C=O) groups excluding carboxylic acids is 1. The van der Waals surface area contributed by atoms with Crippen molar-refractivity contribution in [3.05, 3.63) is 0 Å². The molecular weight excluding hydrogens is 208 g/mol. The Morgan fingerprint density at radius 1 is 1.44 bits per heavy atom. The molecule has 5 nitrogen and oxygen atoms in total. The molecule has 5 heteroatoms. The SMILES string of the molecule is NC(=O)C1(NCC2CCCO2)CCCOC1. The van der Waals surface area contributed by atoms with Gasteiger partial charge in [0.1, 0.15) is 5.54 Å². The number of hydrogen-bond acceptors (Lipinski definition) is 4. The van der Waals surface area contributed by atoms with Crippen LogP contribution in [-0.4, -0.2) is 43.9 Å². The highest BCUT2D eigenvalue weighted by molar-refractivity contribution is 5.85. The Morgan fingerprint density at radius 2 is 2.31 bits per heavy atom. The smallest absolute Gasteiger partial charge is 0.240 e. The van der Waals surface area contributed by atoms with Crippen molar-refractivity contribution in [3.8, 4) is 0 Å². The molecule has 0 radical (unpaired) electrons. The number of rotatable bonds is 4. The molecule has 2 aliphatic heterocycles. The minimum Gasteiger partial charge on any atom is -0.379 e. The van der Waals surface area contributed by atoms with Gasteiger partial charge in [0.15, 0.2) is 0 Å². The Bertz CT molecular complexity index is 246. The molecule has 16 heavy (non-hydrogen) atoms. The van der Waals surface area contributed by atoms with E-state index in [4.69, 9.17) is 15.2 Å². The van der Waals surface area contributed by atoms with Gasteiger partial charge >= 0.3 is 0 Å². The highest BCUT2D eigenvalue weighted by Gasteiger charge is 2.39. The number of nitrogens with one attached hydrogen (secondary N) is 1. The van der Waals surface area contributed by atoms with E-state index in [0.29, 0.717) is 13.2 Å². The molecule has 2 heterocycles. The Kier molecular flexibility index (Phi) is 3.78. The van der Waals surface area contributed by atoms with Crippen LogP contribution >= 0.6 is 0 Å². The summed E-state index contributed by atoms with van der Waals surface area (Å²) in [6.45, 7) is 2.62. The fraction of sp³-hybridized carbons (Fsp3) is 0.909. The molecular formula is C11H20N2O3. The molecule has 0 aliphatic carbocycles. The third-order valence-corrected chi connectivity index (χ3v) is 3.40. The Hall–Kier alpha value is -0.650. The van der Waals surface area contributed by atoms with Gasteiger partial charge in [-0.1, -0.05) is 0 Å². The summed E-state index contributed by atoms with van der Waals surface area (Å²) in [5.74, 6) is -0.315. The summed E-state index contributed by atoms with van der Waals surface area (Å²) in [5, 5.41) is 3.25. The number of carbonyl (C=O) groups is 1.